The van der Waals surface area contributed by atoms with Gasteiger partial charge in [0.2, 0.25) is 0 Å². The third-order valence-electron chi connectivity index (χ3n) is 2.42. The molecule has 0 aromatic carbocycles. The number of carboxylic acids is 1. The van der Waals surface area contributed by atoms with Crippen LogP contribution in [0.25, 0.3) is 0 Å². The Bertz CT molecular complexity index is 369. The SMILES string of the molecule is NCCCCC(N)C(=O)O.c1ccncc1.c1ccncc1. The first-order valence-electron chi connectivity index (χ1n) is 7.07. The van der Waals surface area contributed by atoms with E-state index in [4.69, 9.17) is 16.6 Å². The molecule has 0 aliphatic rings. The molecule has 2 heterocycles. The van der Waals surface area contributed by atoms with Crippen LogP contribution in [0.1, 0.15) is 19.3 Å². The maximum Gasteiger partial charge on any atom is 0.320 e. The van der Waals surface area contributed by atoms with Gasteiger partial charge in [0, 0.05) is 24.8 Å². The Balaban J connectivity index is 0.000000315. The molecule has 0 spiro atoms. The Labute approximate surface area is 131 Å². The number of aliphatic carboxylic acids is 1. The van der Waals surface area contributed by atoms with E-state index in [1.165, 1.54) is 0 Å². The predicted molar refractivity (Wildman–Crippen MR) is 87.0 cm³/mol. The van der Waals surface area contributed by atoms with Crippen molar-refractivity contribution in [2.75, 3.05) is 6.54 Å². The number of hydrogen-bond acceptors (Lipinski definition) is 5. The number of rotatable bonds is 5. The van der Waals surface area contributed by atoms with Crippen LogP contribution in [0.5, 0.6) is 0 Å². The van der Waals surface area contributed by atoms with Gasteiger partial charge in [-0.1, -0.05) is 18.6 Å². The van der Waals surface area contributed by atoms with Gasteiger partial charge in [-0.15, -0.1) is 0 Å². The molecule has 1 unspecified atom stereocenters. The van der Waals surface area contributed by atoms with E-state index in [0.717, 1.165) is 12.8 Å². The second-order valence-corrected chi connectivity index (χ2v) is 4.28. The van der Waals surface area contributed by atoms with Crippen molar-refractivity contribution in [3.63, 3.8) is 0 Å². The van der Waals surface area contributed by atoms with Crippen molar-refractivity contribution in [2.24, 2.45) is 11.5 Å². The van der Waals surface area contributed by atoms with Gasteiger partial charge in [-0.25, -0.2) is 0 Å². The third kappa shape index (κ3) is 14.1. The molecule has 6 nitrogen and oxygen atoms in total. The van der Waals surface area contributed by atoms with E-state index >= 15 is 0 Å². The molecule has 22 heavy (non-hydrogen) atoms. The summed E-state index contributed by atoms with van der Waals surface area (Å²) in [6.07, 6.45) is 9.16. The van der Waals surface area contributed by atoms with Crippen molar-refractivity contribution in [2.45, 2.75) is 25.3 Å². The Hall–Kier alpha value is -2.31. The molecule has 2 aromatic rings. The summed E-state index contributed by atoms with van der Waals surface area (Å²) in [4.78, 5) is 17.7. The van der Waals surface area contributed by atoms with Crippen molar-refractivity contribution in [1.29, 1.82) is 0 Å². The molecule has 2 aromatic heterocycles. The highest BCUT2D eigenvalue weighted by molar-refractivity contribution is 5.72. The third-order valence-corrected chi connectivity index (χ3v) is 2.42. The Morgan fingerprint density at radius 2 is 1.36 bits per heavy atom. The van der Waals surface area contributed by atoms with E-state index < -0.39 is 12.0 Å². The smallest absolute Gasteiger partial charge is 0.320 e. The van der Waals surface area contributed by atoms with Gasteiger partial charge in [-0.05, 0) is 43.7 Å². The minimum Gasteiger partial charge on any atom is -0.480 e. The van der Waals surface area contributed by atoms with E-state index in [2.05, 4.69) is 9.97 Å². The summed E-state index contributed by atoms with van der Waals surface area (Å²) in [6.45, 7) is 0.604. The zero-order valence-electron chi connectivity index (χ0n) is 12.6. The quantitative estimate of drug-likeness (QED) is 0.724. The first-order valence-corrected chi connectivity index (χ1v) is 7.07. The maximum absolute atomic E-state index is 10.1. The number of unbranched alkanes of at least 4 members (excludes halogenated alkanes) is 1. The number of carbonyl (C=O) groups is 1. The summed E-state index contributed by atoms with van der Waals surface area (Å²) in [5.74, 6) is -0.933. The topological polar surface area (TPSA) is 115 Å². The van der Waals surface area contributed by atoms with Crippen LogP contribution >= 0.6 is 0 Å². The minimum atomic E-state index is -0.933. The van der Waals surface area contributed by atoms with Gasteiger partial charge in [0.25, 0.3) is 0 Å². The van der Waals surface area contributed by atoms with Crippen LogP contribution in [0.3, 0.4) is 0 Å². The Morgan fingerprint density at radius 1 is 0.909 bits per heavy atom. The Kier molecular flexibility index (Phi) is 13.5. The van der Waals surface area contributed by atoms with Crippen LogP contribution in [0.4, 0.5) is 0 Å². The van der Waals surface area contributed by atoms with Gasteiger partial charge >= 0.3 is 5.97 Å². The van der Waals surface area contributed by atoms with Gasteiger partial charge < -0.3 is 16.6 Å². The summed E-state index contributed by atoms with van der Waals surface area (Å²) < 4.78 is 0. The molecule has 0 aliphatic carbocycles. The number of pyridine rings is 2. The van der Waals surface area contributed by atoms with E-state index in [-0.39, 0.29) is 0 Å². The number of nitrogens with two attached hydrogens (primary N) is 2. The fourth-order valence-corrected chi connectivity index (χ4v) is 1.26. The molecule has 0 saturated carbocycles. The molecule has 5 N–H and O–H groups in total. The number of aromatic nitrogens is 2. The molecule has 120 valence electrons. The predicted octanol–water partition coefficient (Wildman–Crippen LogP) is 1.69. The van der Waals surface area contributed by atoms with Crippen LogP contribution in [0.2, 0.25) is 0 Å². The molecule has 1 atom stereocenters. The second kappa shape index (κ2) is 15.1. The highest BCUT2D eigenvalue weighted by atomic mass is 16.4. The van der Waals surface area contributed by atoms with Crippen LogP contribution < -0.4 is 11.5 Å². The summed E-state index contributed by atoms with van der Waals surface area (Å²) in [6, 6.07) is 10.7. The maximum atomic E-state index is 10.1. The lowest BCUT2D eigenvalue weighted by Gasteiger charge is -2.03. The first kappa shape index (κ1) is 19.7. The number of carboxylic acid groups (broad SMARTS) is 1. The molecule has 0 fully saturated rings. The zero-order valence-corrected chi connectivity index (χ0v) is 12.6. The standard InChI is InChI=1S/C6H14N2O2.2C5H5N/c7-4-2-1-3-5(8)6(9)10;2*1-2-4-6-5-3-1/h5H,1-4,7-8H2,(H,9,10);2*1-5H. The van der Waals surface area contributed by atoms with Gasteiger partial charge in [-0.2, -0.15) is 0 Å². The average Bonchev–Trinajstić information content (AvgIpc) is 2.59. The lowest BCUT2D eigenvalue weighted by atomic mass is 10.1. The largest absolute Gasteiger partial charge is 0.480 e. The highest BCUT2D eigenvalue weighted by Crippen LogP contribution is 1.96. The lowest BCUT2D eigenvalue weighted by Crippen LogP contribution is -2.29. The first-order chi connectivity index (χ1) is 10.7. The minimum absolute atomic E-state index is 0.520. The van der Waals surface area contributed by atoms with Gasteiger partial charge in [0.1, 0.15) is 6.04 Å². The fourth-order valence-electron chi connectivity index (χ4n) is 1.26. The molecule has 0 aliphatic heterocycles. The normalized spacial score (nSPS) is 10.3. The van der Waals surface area contributed by atoms with Gasteiger partial charge in [0.15, 0.2) is 0 Å². The summed E-state index contributed by atoms with van der Waals surface area (Å²) in [5.41, 5.74) is 10.4. The summed E-state index contributed by atoms with van der Waals surface area (Å²) in [7, 11) is 0. The van der Waals surface area contributed by atoms with E-state index in [9.17, 15) is 4.79 Å². The molecule has 2 rings (SSSR count). The number of nitrogens with zero attached hydrogens (tertiary/aromatic N) is 2. The van der Waals surface area contributed by atoms with E-state index in [1.807, 2.05) is 36.4 Å². The van der Waals surface area contributed by atoms with Crippen molar-refractivity contribution < 1.29 is 9.90 Å². The molecule has 6 heteroatoms. The molecule has 0 bridgehead atoms. The summed E-state index contributed by atoms with van der Waals surface area (Å²) in [5, 5.41) is 8.33. The van der Waals surface area contributed by atoms with E-state index in [1.54, 1.807) is 24.8 Å². The van der Waals surface area contributed by atoms with Crippen LogP contribution in [-0.2, 0) is 4.79 Å². The monoisotopic (exact) mass is 304 g/mol. The molecule has 0 amide bonds. The molecular formula is C16H24N4O2. The van der Waals surface area contributed by atoms with Crippen molar-refractivity contribution in [3.05, 3.63) is 61.2 Å². The van der Waals surface area contributed by atoms with Crippen LogP contribution in [-0.4, -0.2) is 33.6 Å². The molecule has 0 saturated heterocycles. The fraction of sp³-hybridized carbons (Fsp3) is 0.312. The molecule has 0 radical (unpaired) electrons. The van der Waals surface area contributed by atoms with Crippen LogP contribution in [0.15, 0.2) is 61.2 Å². The second-order valence-electron chi connectivity index (χ2n) is 4.28. The average molecular weight is 304 g/mol. The molecular weight excluding hydrogens is 280 g/mol. The van der Waals surface area contributed by atoms with Crippen molar-refractivity contribution in [3.8, 4) is 0 Å². The van der Waals surface area contributed by atoms with Crippen LogP contribution in [0, 0.1) is 0 Å². The zero-order chi connectivity index (χ0) is 16.5. The van der Waals surface area contributed by atoms with E-state index in [0.29, 0.717) is 13.0 Å². The van der Waals surface area contributed by atoms with Crippen molar-refractivity contribution in [1.82, 2.24) is 9.97 Å². The Morgan fingerprint density at radius 3 is 1.59 bits per heavy atom. The summed E-state index contributed by atoms with van der Waals surface area (Å²) >= 11 is 0. The lowest BCUT2D eigenvalue weighted by molar-refractivity contribution is -0.138. The number of hydrogen-bond donors (Lipinski definition) is 3. The highest BCUT2D eigenvalue weighted by Gasteiger charge is 2.09. The van der Waals surface area contributed by atoms with Gasteiger partial charge in [0.05, 0.1) is 0 Å². The van der Waals surface area contributed by atoms with Crippen molar-refractivity contribution >= 4 is 5.97 Å². The van der Waals surface area contributed by atoms with Gasteiger partial charge in [-0.3, -0.25) is 14.8 Å².